The van der Waals surface area contributed by atoms with Crippen LogP contribution in [0.1, 0.15) is 13.8 Å². The van der Waals surface area contributed by atoms with Gasteiger partial charge in [-0.1, -0.05) is 0 Å². The molecule has 6 nitrogen and oxygen atoms in total. The Morgan fingerprint density at radius 3 is 2.78 bits per heavy atom. The van der Waals surface area contributed by atoms with Crippen molar-refractivity contribution in [3.8, 4) is 5.75 Å². The smallest absolute Gasteiger partial charge is 0.347 e. The minimum absolute atomic E-state index is 0.107. The van der Waals surface area contributed by atoms with Crippen LogP contribution in [-0.4, -0.2) is 23.6 Å². The highest BCUT2D eigenvalue weighted by molar-refractivity contribution is 9.10. The van der Waals surface area contributed by atoms with Crippen LogP contribution < -0.4 is 4.74 Å². The van der Waals surface area contributed by atoms with Gasteiger partial charge in [0.1, 0.15) is 5.75 Å². The van der Waals surface area contributed by atoms with Crippen LogP contribution in [0.25, 0.3) is 0 Å². The van der Waals surface area contributed by atoms with Crippen LogP contribution in [0.4, 0.5) is 5.69 Å². The third-order valence-corrected chi connectivity index (χ3v) is 2.70. The van der Waals surface area contributed by atoms with E-state index in [9.17, 15) is 14.9 Å². The number of nitrogens with zero attached hydrogens (tertiary/aromatic N) is 1. The van der Waals surface area contributed by atoms with E-state index < -0.39 is 17.0 Å². The Bertz CT molecular complexity index is 463. The summed E-state index contributed by atoms with van der Waals surface area (Å²) < 4.78 is 10.6. The van der Waals surface area contributed by atoms with E-state index >= 15 is 0 Å². The Kier molecular flexibility index (Phi) is 5.08. The van der Waals surface area contributed by atoms with Crippen molar-refractivity contribution in [3.63, 3.8) is 0 Å². The summed E-state index contributed by atoms with van der Waals surface area (Å²) in [6, 6.07) is 4.08. The molecule has 98 valence electrons. The number of nitro benzene ring substituents is 1. The van der Waals surface area contributed by atoms with E-state index in [1.54, 1.807) is 6.92 Å². The van der Waals surface area contributed by atoms with Crippen molar-refractivity contribution in [2.75, 3.05) is 6.61 Å². The summed E-state index contributed by atoms with van der Waals surface area (Å²) in [5, 5.41) is 10.6. The lowest BCUT2D eigenvalue weighted by molar-refractivity contribution is -0.385. The van der Waals surface area contributed by atoms with Crippen LogP contribution >= 0.6 is 15.9 Å². The minimum atomic E-state index is -0.830. The van der Waals surface area contributed by atoms with Gasteiger partial charge in [0.05, 0.1) is 22.1 Å². The molecule has 0 bridgehead atoms. The van der Waals surface area contributed by atoms with Gasteiger partial charge in [0.25, 0.3) is 5.69 Å². The Hall–Kier alpha value is -1.63. The lowest BCUT2D eigenvalue weighted by Gasteiger charge is -2.14. The molecule has 0 aromatic heterocycles. The first-order chi connectivity index (χ1) is 8.45. The number of carbonyl (C=O) groups excluding carboxylic acids is 1. The van der Waals surface area contributed by atoms with E-state index in [0.29, 0.717) is 4.47 Å². The number of hydrogen-bond acceptors (Lipinski definition) is 5. The molecule has 1 unspecified atom stereocenters. The fourth-order valence-corrected chi connectivity index (χ4v) is 1.53. The number of esters is 1. The number of nitro groups is 1. The summed E-state index contributed by atoms with van der Waals surface area (Å²) in [5.74, 6) is -0.291. The normalized spacial score (nSPS) is 11.7. The fourth-order valence-electron chi connectivity index (χ4n) is 1.19. The number of benzene rings is 1. The number of ether oxygens (including phenoxy) is 2. The Morgan fingerprint density at radius 2 is 2.22 bits per heavy atom. The van der Waals surface area contributed by atoms with Gasteiger partial charge in [-0.25, -0.2) is 4.79 Å². The van der Waals surface area contributed by atoms with Gasteiger partial charge >= 0.3 is 5.97 Å². The second kappa shape index (κ2) is 6.34. The maximum Gasteiger partial charge on any atom is 0.347 e. The Labute approximate surface area is 112 Å². The molecule has 0 saturated heterocycles. The second-order valence-corrected chi connectivity index (χ2v) is 4.24. The van der Waals surface area contributed by atoms with Gasteiger partial charge in [0.2, 0.25) is 0 Å². The number of halogens is 1. The molecule has 1 rings (SSSR count). The average Bonchev–Trinajstić information content (AvgIpc) is 2.31. The largest absolute Gasteiger partial charge is 0.478 e. The molecule has 0 heterocycles. The third kappa shape index (κ3) is 3.69. The highest BCUT2D eigenvalue weighted by Crippen LogP contribution is 2.30. The van der Waals surface area contributed by atoms with Crippen LogP contribution in [0.5, 0.6) is 5.75 Å². The molecule has 0 aliphatic heterocycles. The van der Waals surface area contributed by atoms with Gasteiger partial charge < -0.3 is 9.47 Å². The molecule has 0 amide bonds. The number of carbonyl (C=O) groups is 1. The number of rotatable bonds is 5. The average molecular weight is 318 g/mol. The topological polar surface area (TPSA) is 78.7 Å². The standard InChI is InChI=1S/C11H12BrNO5/c1-3-17-11(14)7(2)18-10-6-8(13(15)16)4-5-9(10)12/h4-7H,3H2,1-2H3. The van der Waals surface area contributed by atoms with Crippen LogP contribution in [0.3, 0.4) is 0 Å². The molecule has 0 aliphatic carbocycles. The second-order valence-electron chi connectivity index (χ2n) is 3.38. The quantitative estimate of drug-likeness (QED) is 0.474. The van der Waals surface area contributed by atoms with Crippen molar-refractivity contribution in [3.05, 3.63) is 32.8 Å². The van der Waals surface area contributed by atoms with E-state index in [2.05, 4.69) is 15.9 Å². The van der Waals surface area contributed by atoms with E-state index in [4.69, 9.17) is 9.47 Å². The van der Waals surface area contributed by atoms with Crippen molar-refractivity contribution < 1.29 is 19.2 Å². The SMILES string of the molecule is CCOC(=O)C(C)Oc1cc([N+](=O)[O-])ccc1Br. The van der Waals surface area contributed by atoms with Gasteiger partial charge in [0.15, 0.2) is 6.10 Å². The zero-order valence-electron chi connectivity index (χ0n) is 9.88. The van der Waals surface area contributed by atoms with Gasteiger partial charge in [-0.05, 0) is 35.8 Å². The molecule has 18 heavy (non-hydrogen) atoms. The van der Waals surface area contributed by atoms with E-state index in [1.807, 2.05) is 0 Å². The van der Waals surface area contributed by atoms with Gasteiger partial charge in [0, 0.05) is 6.07 Å². The van der Waals surface area contributed by atoms with Crippen LogP contribution in [0, 0.1) is 10.1 Å². The van der Waals surface area contributed by atoms with Crippen molar-refractivity contribution >= 4 is 27.6 Å². The maximum absolute atomic E-state index is 11.4. The lowest BCUT2D eigenvalue weighted by Crippen LogP contribution is -2.26. The van der Waals surface area contributed by atoms with Crippen molar-refractivity contribution in [1.29, 1.82) is 0 Å². The summed E-state index contributed by atoms with van der Waals surface area (Å²) in [7, 11) is 0. The van der Waals surface area contributed by atoms with Gasteiger partial charge in [-0.2, -0.15) is 0 Å². The summed E-state index contributed by atoms with van der Waals surface area (Å²) in [6.45, 7) is 3.46. The molecular formula is C11H12BrNO5. The molecule has 0 fully saturated rings. The zero-order chi connectivity index (χ0) is 13.7. The first-order valence-corrected chi connectivity index (χ1v) is 6.02. The molecule has 1 atom stereocenters. The molecule has 0 saturated carbocycles. The molecule has 1 aromatic carbocycles. The maximum atomic E-state index is 11.4. The molecule has 1 aromatic rings. The van der Waals surface area contributed by atoms with Crippen LogP contribution in [0.2, 0.25) is 0 Å². The predicted octanol–water partition coefficient (Wildman–Crippen LogP) is 2.69. The first-order valence-electron chi connectivity index (χ1n) is 5.23. The monoisotopic (exact) mass is 317 g/mol. The fraction of sp³-hybridized carbons (Fsp3) is 0.364. The van der Waals surface area contributed by atoms with Gasteiger partial charge in [-0.3, -0.25) is 10.1 Å². The summed E-state index contributed by atoms with van der Waals surface area (Å²) in [4.78, 5) is 21.5. The molecule has 0 radical (unpaired) electrons. The third-order valence-electron chi connectivity index (χ3n) is 2.05. The Morgan fingerprint density at radius 1 is 1.56 bits per heavy atom. The number of non-ortho nitro benzene ring substituents is 1. The molecule has 0 aliphatic rings. The summed E-state index contributed by atoms with van der Waals surface area (Å²) in [6.07, 6.45) is -0.830. The highest BCUT2D eigenvalue weighted by atomic mass is 79.9. The number of hydrogen-bond donors (Lipinski definition) is 0. The summed E-state index contributed by atoms with van der Waals surface area (Å²) in [5.41, 5.74) is -0.107. The van der Waals surface area contributed by atoms with E-state index in [0.717, 1.165) is 0 Å². The van der Waals surface area contributed by atoms with Gasteiger partial charge in [-0.15, -0.1) is 0 Å². The molecule has 0 N–H and O–H groups in total. The van der Waals surface area contributed by atoms with Crippen molar-refractivity contribution in [2.45, 2.75) is 20.0 Å². The molecular weight excluding hydrogens is 306 g/mol. The van der Waals surface area contributed by atoms with Crippen molar-refractivity contribution in [2.24, 2.45) is 0 Å². The summed E-state index contributed by atoms with van der Waals surface area (Å²) >= 11 is 3.20. The van der Waals surface area contributed by atoms with E-state index in [1.165, 1.54) is 25.1 Å². The predicted molar refractivity (Wildman–Crippen MR) is 67.5 cm³/mol. The molecule has 0 spiro atoms. The first kappa shape index (κ1) is 14.4. The zero-order valence-corrected chi connectivity index (χ0v) is 11.5. The van der Waals surface area contributed by atoms with Crippen molar-refractivity contribution in [1.82, 2.24) is 0 Å². The highest BCUT2D eigenvalue weighted by Gasteiger charge is 2.18. The lowest BCUT2D eigenvalue weighted by atomic mass is 10.3. The Balaban J connectivity index is 2.86. The molecule has 7 heteroatoms. The minimum Gasteiger partial charge on any atom is -0.478 e. The van der Waals surface area contributed by atoms with Crippen LogP contribution in [-0.2, 0) is 9.53 Å². The van der Waals surface area contributed by atoms with Crippen LogP contribution in [0.15, 0.2) is 22.7 Å². The van der Waals surface area contributed by atoms with E-state index in [-0.39, 0.29) is 18.0 Å².